The van der Waals surface area contributed by atoms with Crippen molar-refractivity contribution in [2.45, 2.75) is 31.2 Å². The minimum Gasteiger partial charge on any atom is -0.497 e. The standard InChI is InChI=1S/C21H20F3N5O3/c1-11-15(19(30)27-14-10-13(32-2)8-9-25-14)20(31)29-18(26-11)16(12-6-4-3-5-7-12)17(28-29)21(22,23)24/h3-10,16-18,26,28H,1-2H3,(H,25,27,30). The van der Waals surface area contributed by atoms with E-state index in [0.717, 1.165) is 5.01 Å². The van der Waals surface area contributed by atoms with E-state index in [1.165, 1.54) is 26.3 Å². The first-order chi connectivity index (χ1) is 15.2. The summed E-state index contributed by atoms with van der Waals surface area (Å²) in [6, 6.07) is 9.15. The number of carbonyl (C=O) groups excluding carboxylic acids is 2. The topological polar surface area (TPSA) is 95.6 Å². The lowest BCUT2D eigenvalue weighted by molar-refractivity contribution is -0.161. The first-order valence-electron chi connectivity index (χ1n) is 9.71. The minimum absolute atomic E-state index is 0.134. The van der Waals surface area contributed by atoms with E-state index in [4.69, 9.17) is 4.74 Å². The zero-order valence-electron chi connectivity index (χ0n) is 17.1. The number of alkyl halides is 3. The second-order valence-electron chi connectivity index (χ2n) is 7.38. The Morgan fingerprint density at radius 3 is 2.59 bits per heavy atom. The number of rotatable bonds is 4. The third kappa shape index (κ3) is 3.86. The van der Waals surface area contributed by atoms with Crippen LogP contribution in [-0.2, 0) is 9.59 Å². The maximum Gasteiger partial charge on any atom is 0.406 e. The zero-order valence-corrected chi connectivity index (χ0v) is 17.1. The number of anilines is 1. The molecule has 2 amide bonds. The number of carbonyl (C=O) groups is 2. The van der Waals surface area contributed by atoms with Crippen molar-refractivity contribution in [3.63, 3.8) is 0 Å². The third-order valence-electron chi connectivity index (χ3n) is 5.40. The van der Waals surface area contributed by atoms with Gasteiger partial charge in [-0.05, 0) is 18.6 Å². The minimum atomic E-state index is -4.62. The molecule has 0 saturated carbocycles. The molecule has 0 bridgehead atoms. The molecule has 4 rings (SSSR count). The summed E-state index contributed by atoms with van der Waals surface area (Å²) < 4.78 is 46.6. The normalized spacial score (nSPS) is 23.0. The van der Waals surface area contributed by atoms with Crippen molar-refractivity contribution in [1.82, 2.24) is 20.7 Å². The molecule has 3 unspecified atom stereocenters. The van der Waals surface area contributed by atoms with Crippen molar-refractivity contribution >= 4 is 17.6 Å². The van der Waals surface area contributed by atoms with Crippen LogP contribution in [0, 0.1) is 0 Å². The van der Waals surface area contributed by atoms with Gasteiger partial charge in [-0.1, -0.05) is 30.3 Å². The Kier molecular flexibility index (Phi) is 5.51. The van der Waals surface area contributed by atoms with Gasteiger partial charge in [-0.25, -0.2) is 15.4 Å². The van der Waals surface area contributed by atoms with Gasteiger partial charge >= 0.3 is 6.18 Å². The highest BCUT2D eigenvalue weighted by atomic mass is 19.4. The number of methoxy groups -OCH3 is 1. The molecule has 2 aromatic rings. The van der Waals surface area contributed by atoms with Crippen molar-refractivity contribution in [2.24, 2.45) is 0 Å². The maximum absolute atomic E-state index is 13.8. The van der Waals surface area contributed by atoms with Gasteiger partial charge in [-0.2, -0.15) is 13.2 Å². The highest BCUT2D eigenvalue weighted by Gasteiger charge is 2.58. The summed E-state index contributed by atoms with van der Waals surface area (Å²) in [5.74, 6) is -2.20. The predicted molar refractivity (Wildman–Crippen MR) is 108 cm³/mol. The van der Waals surface area contributed by atoms with Crippen molar-refractivity contribution in [3.05, 3.63) is 65.5 Å². The molecule has 168 valence electrons. The van der Waals surface area contributed by atoms with Crippen LogP contribution in [0.4, 0.5) is 19.0 Å². The lowest BCUT2D eigenvalue weighted by Crippen LogP contribution is -2.56. The lowest BCUT2D eigenvalue weighted by atomic mass is 9.89. The molecule has 3 atom stereocenters. The van der Waals surface area contributed by atoms with Gasteiger partial charge in [0.05, 0.1) is 13.0 Å². The molecule has 8 nitrogen and oxygen atoms in total. The number of pyridine rings is 1. The van der Waals surface area contributed by atoms with Crippen LogP contribution in [-0.4, -0.2) is 47.3 Å². The Morgan fingerprint density at radius 2 is 1.94 bits per heavy atom. The summed E-state index contributed by atoms with van der Waals surface area (Å²) in [5.41, 5.74) is 2.54. The molecule has 2 aliphatic heterocycles. The van der Waals surface area contributed by atoms with E-state index in [0.29, 0.717) is 11.3 Å². The number of amides is 2. The number of ether oxygens (including phenoxy) is 1. The quantitative estimate of drug-likeness (QED) is 0.623. The fourth-order valence-electron chi connectivity index (χ4n) is 3.95. The van der Waals surface area contributed by atoms with Gasteiger partial charge in [0.2, 0.25) is 0 Å². The van der Waals surface area contributed by atoms with E-state index >= 15 is 0 Å². The number of nitrogens with zero attached hydrogens (tertiary/aromatic N) is 2. The summed E-state index contributed by atoms with van der Waals surface area (Å²) in [4.78, 5) is 29.9. The Bertz CT molecular complexity index is 1070. The smallest absolute Gasteiger partial charge is 0.406 e. The molecule has 1 fully saturated rings. The average Bonchev–Trinajstić information content (AvgIpc) is 3.14. The molecule has 3 heterocycles. The Hall–Kier alpha value is -3.60. The van der Waals surface area contributed by atoms with Gasteiger partial charge in [0.1, 0.15) is 29.3 Å². The molecular formula is C21H20F3N5O3. The number of allylic oxidation sites excluding steroid dienone is 1. The molecular weight excluding hydrogens is 427 g/mol. The van der Waals surface area contributed by atoms with Crippen LogP contribution in [0.3, 0.4) is 0 Å². The Balaban J connectivity index is 1.65. The Labute approximate surface area is 181 Å². The number of hydrazine groups is 1. The van der Waals surface area contributed by atoms with Gasteiger partial charge in [-0.15, -0.1) is 0 Å². The number of hydrogen-bond donors (Lipinski definition) is 3. The molecule has 32 heavy (non-hydrogen) atoms. The van der Waals surface area contributed by atoms with Crippen LogP contribution < -0.4 is 20.8 Å². The van der Waals surface area contributed by atoms with Crippen molar-refractivity contribution in [1.29, 1.82) is 0 Å². The first kappa shape index (κ1) is 21.6. The maximum atomic E-state index is 13.8. The second-order valence-corrected chi connectivity index (χ2v) is 7.38. The van der Waals surface area contributed by atoms with Crippen LogP contribution in [0.5, 0.6) is 5.75 Å². The van der Waals surface area contributed by atoms with Gasteiger partial charge < -0.3 is 15.4 Å². The highest BCUT2D eigenvalue weighted by molar-refractivity contribution is 6.23. The summed E-state index contributed by atoms with van der Waals surface area (Å²) >= 11 is 0. The number of nitrogens with one attached hydrogen (secondary N) is 3. The molecule has 0 radical (unpaired) electrons. The van der Waals surface area contributed by atoms with Crippen LogP contribution in [0.25, 0.3) is 0 Å². The average molecular weight is 447 g/mol. The fourth-order valence-corrected chi connectivity index (χ4v) is 3.95. The van der Waals surface area contributed by atoms with Crippen molar-refractivity contribution in [3.8, 4) is 5.75 Å². The second kappa shape index (κ2) is 8.15. The molecule has 1 aromatic carbocycles. The fraction of sp³-hybridized carbons (Fsp3) is 0.286. The number of hydrogen-bond acceptors (Lipinski definition) is 6. The van der Waals surface area contributed by atoms with Crippen LogP contribution >= 0.6 is 0 Å². The van der Waals surface area contributed by atoms with E-state index in [1.807, 2.05) is 0 Å². The molecule has 0 spiro atoms. The van der Waals surface area contributed by atoms with E-state index in [9.17, 15) is 22.8 Å². The number of fused-ring (bicyclic) bond motifs is 1. The van der Waals surface area contributed by atoms with Gasteiger partial charge in [0.15, 0.2) is 0 Å². The molecule has 11 heteroatoms. The first-order valence-corrected chi connectivity index (χ1v) is 9.71. The number of benzene rings is 1. The van der Waals surface area contributed by atoms with E-state index in [2.05, 4.69) is 21.0 Å². The molecule has 0 aliphatic carbocycles. The van der Waals surface area contributed by atoms with Gasteiger partial charge in [0, 0.05) is 18.0 Å². The van der Waals surface area contributed by atoms with Gasteiger partial charge in [0.25, 0.3) is 11.8 Å². The van der Waals surface area contributed by atoms with Crippen LogP contribution in [0.1, 0.15) is 18.4 Å². The largest absolute Gasteiger partial charge is 0.497 e. The number of halogens is 3. The predicted octanol–water partition coefficient (Wildman–Crippen LogP) is 2.29. The summed E-state index contributed by atoms with van der Waals surface area (Å²) in [6.45, 7) is 1.48. The highest BCUT2D eigenvalue weighted by Crippen LogP contribution is 2.41. The van der Waals surface area contributed by atoms with Crippen LogP contribution in [0.2, 0.25) is 0 Å². The SMILES string of the molecule is COc1ccnc(NC(=O)C2=C(C)NC3C(c4ccccc4)C(C(F)(F)F)NN3C2=O)c1. The summed E-state index contributed by atoms with van der Waals surface area (Å²) in [7, 11) is 1.45. The van der Waals surface area contributed by atoms with E-state index in [1.54, 1.807) is 36.4 Å². The van der Waals surface area contributed by atoms with E-state index < -0.39 is 36.1 Å². The molecule has 2 aliphatic rings. The molecule has 3 N–H and O–H groups in total. The lowest BCUT2D eigenvalue weighted by Gasteiger charge is -2.34. The zero-order chi connectivity index (χ0) is 23.0. The van der Waals surface area contributed by atoms with Crippen molar-refractivity contribution < 1.29 is 27.5 Å². The van der Waals surface area contributed by atoms with Gasteiger partial charge in [-0.3, -0.25) is 9.59 Å². The number of aromatic nitrogens is 1. The Morgan fingerprint density at radius 1 is 1.22 bits per heavy atom. The van der Waals surface area contributed by atoms with Crippen molar-refractivity contribution in [2.75, 3.05) is 12.4 Å². The van der Waals surface area contributed by atoms with Crippen LogP contribution in [0.15, 0.2) is 59.9 Å². The molecule has 1 saturated heterocycles. The summed E-state index contributed by atoms with van der Waals surface area (Å²) in [5, 5.41) is 6.24. The van der Waals surface area contributed by atoms with E-state index in [-0.39, 0.29) is 17.1 Å². The third-order valence-corrected chi connectivity index (χ3v) is 5.40. The molecule has 1 aromatic heterocycles. The summed E-state index contributed by atoms with van der Waals surface area (Å²) in [6.07, 6.45) is -4.24. The monoisotopic (exact) mass is 447 g/mol.